The van der Waals surface area contributed by atoms with Gasteiger partial charge in [-0.3, -0.25) is 4.79 Å². The molecular formula is C21H22F2N2O2. The fourth-order valence-corrected chi connectivity index (χ4v) is 3.10. The Hall–Kier alpha value is -2.89. The van der Waals surface area contributed by atoms with Crippen molar-refractivity contribution < 1.29 is 18.3 Å². The van der Waals surface area contributed by atoms with E-state index in [1.165, 1.54) is 23.1 Å². The summed E-state index contributed by atoms with van der Waals surface area (Å²) in [6.07, 6.45) is 4.07. The van der Waals surface area contributed by atoms with Crippen molar-refractivity contribution in [1.29, 1.82) is 0 Å². The molecule has 2 aromatic carbocycles. The average molecular weight is 372 g/mol. The van der Waals surface area contributed by atoms with Gasteiger partial charge in [-0.2, -0.15) is 8.78 Å². The van der Waals surface area contributed by atoms with Gasteiger partial charge in [-0.1, -0.05) is 30.3 Å². The number of halogens is 2. The van der Waals surface area contributed by atoms with Gasteiger partial charge < -0.3 is 14.6 Å². The van der Waals surface area contributed by atoms with E-state index in [2.05, 4.69) is 15.8 Å². The van der Waals surface area contributed by atoms with Crippen molar-refractivity contribution in [2.75, 3.05) is 7.05 Å². The lowest BCUT2D eigenvalue weighted by atomic mass is 10.1. The Morgan fingerprint density at radius 3 is 2.63 bits per heavy atom. The molecule has 1 aromatic heterocycles. The predicted molar refractivity (Wildman–Crippen MR) is 101 cm³/mol. The van der Waals surface area contributed by atoms with Crippen LogP contribution in [0.25, 0.3) is 10.9 Å². The zero-order chi connectivity index (χ0) is 19.2. The summed E-state index contributed by atoms with van der Waals surface area (Å²) in [4.78, 5) is 17.2. The van der Waals surface area contributed by atoms with Crippen LogP contribution < -0.4 is 4.74 Å². The number of fused-ring (bicyclic) bond motifs is 1. The van der Waals surface area contributed by atoms with Crippen LogP contribution >= 0.6 is 0 Å². The molecule has 6 heteroatoms. The van der Waals surface area contributed by atoms with Gasteiger partial charge in [-0.25, -0.2) is 0 Å². The minimum Gasteiger partial charge on any atom is -0.435 e. The van der Waals surface area contributed by atoms with Gasteiger partial charge in [0.1, 0.15) is 5.75 Å². The Balaban J connectivity index is 1.47. The summed E-state index contributed by atoms with van der Waals surface area (Å²) < 4.78 is 28.7. The Labute approximate surface area is 156 Å². The lowest BCUT2D eigenvalue weighted by Crippen LogP contribution is -2.25. The normalized spacial score (nSPS) is 11.1. The van der Waals surface area contributed by atoms with Crippen molar-refractivity contribution in [2.24, 2.45) is 0 Å². The summed E-state index contributed by atoms with van der Waals surface area (Å²) in [6, 6.07) is 14.5. The van der Waals surface area contributed by atoms with Crippen LogP contribution in [0, 0.1) is 0 Å². The van der Waals surface area contributed by atoms with Crippen LogP contribution in [0.2, 0.25) is 0 Å². The lowest BCUT2D eigenvalue weighted by Gasteiger charge is -2.17. The van der Waals surface area contributed by atoms with Crippen molar-refractivity contribution in [1.82, 2.24) is 9.88 Å². The maximum Gasteiger partial charge on any atom is 0.387 e. The Morgan fingerprint density at radius 2 is 1.89 bits per heavy atom. The number of hydrogen-bond donors (Lipinski definition) is 1. The van der Waals surface area contributed by atoms with Crippen molar-refractivity contribution >= 4 is 16.8 Å². The smallest absolute Gasteiger partial charge is 0.387 e. The van der Waals surface area contributed by atoms with E-state index in [0.29, 0.717) is 13.0 Å². The van der Waals surface area contributed by atoms with E-state index in [0.717, 1.165) is 23.9 Å². The van der Waals surface area contributed by atoms with E-state index < -0.39 is 6.61 Å². The molecule has 0 unspecified atom stereocenters. The van der Waals surface area contributed by atoms with Gasteiger partial charge in [-0.15, -0.1) is 0 Å². The minimum absolute atomic E-state index is 0.0581. The van der Waals surface area contributed by atoms with E-state index in [4.69, 9.17) is 0 Å². The summed E-state index contributed by atoms with van der Waals surface area (Å²) in [5.41, 5.74) is 3.19. The molecule has 0 saturated heterocycles. The third-order valence-electron chi connectivity index (χ3n) is 4.51. The number of hydrogen-bond acceptors (Lipinski definition) is 2. The Kier molecular flexibility index (Phi) is 6.06. The van der Waals surface area contributed by atoms with Crippen LogP contribution in [0.15, 0.2) is 54.7 Å². The zero-order valence-corrected chi connectivity index (χ0v) is 15.1. The molecule has 0 aliphatic carbocycles. The molecule has 1 amide bonds. The molecule has 1 heterocycles. The van der Waals surface area contributed by atoms with E-state index in [1.54, 1.807) is 24.1 Å². The number of aryl methyl sites for hydroxylation is 1. The van der Waals surface area contributed by atoms with E-state index in [-0.39, 0.29) is 11.7 Å². The number of nitrogens with one attached hydrogen (secondary N) is 1. The highest BCUT2D eigenvalue weighted by atomic mass is 19.3. The highest BCUT2D eigenvalue weighted by Gasteiger charge is 2.11. The topological polar surface area (TPSA) is 45.3 Å². The maximum absolute atomic E-state index is 12.3. The molecule has 4 nitrogen and oxygen atoms in total. The number of para-hydroxylation sites is 1. The standard InChI is InChI=1S/C21H22F2N2O2/c1-25(14-15-9-11-17(12-10-15)27-21(22)23)20(26)8-4-5-16-13-24-19-7-3-2-6-18(16)19/h2-3,6-7,9-13,21,24H,4-5,8,14H2,1H3. The fourth-order valence-electron chi connectivity index (χ4n) is 3.10. The van der Waals surface area contributed by atoms with Gasteiger partial charge in [-0.05, 0) is 42.2 Å². The number of aromatic nitrogens is 1. The van der Waals surface area contributed by atoms with Crippen molar-refractivity contribution in [3.8, 4) is 5.75 Å². The predicted octanol–water partition coefficient (Wildman–Crippen LogP) is 4.75. The van der Waals surface area contributed by atoms with Crippen LogP contribution in [0.4, 0.5) is 8.78 Å². The molecule has 0 aliphatic rings. The average Bonchev–Trinajstić information content (AvgIpc) is 3.06. The first-order valence-electron chi connectivity index (χ1n) is 8.85. The number of amides is 1. The van der Waals surface area contributed by atoms with E-state index in [1.807, 2.05) is 24.4 Å². The van der Waals surface area contributed by atoms with E-state index in [9.17, 15) is 13.6 Å². The second kappa shape index (κ2) is 8.66. The van der Waals surface area contributed by atoms with Crippen molar-refractivity contribution in [3.63, 3.8) is 0 Å². The van der Waals surface area contributed by atoms with Crippen LogP contribution in [-0.2, 0) is 17.8 Å². The summed E-state index contributed by atoms with van der Waals surface area (Å²) >= 11 is 0. The molecule has 0 spiro atoms. The number of rotatable bonds is 8. The fraction of sp³-hybridized carbons (Fsp3) is 0.286. The van der Waals surface area contributed by atoms with Crippen LogP contribution in [0.3, 0.4) is 0 Å². The molecule has 27 heavy (non-hydrogen) atoms. The third kappa shape index (κ3) is 5.06. The Morgan fingerprint density at radius 1 is 1.15 bits per heavy atom. The summed E-state index contributed by atoms with van der Waals surface area (Å²) in [5.74, 6) is 0.171. The molecule has 0 bridgehead atoms. The van der Waals surface area contributed by atoms with Crippen molar-refractivity contribution in [2.45, 2.75) is 32.4 Å². The highest BCUT2D eigenvalue weighted by Crippen LogP contribution is 2.20. The zero-order valence-electron chi connectivity index (χ0n) is 15.1. The molecular weight excluding hydrogens is 350 g/mol. The molecule has 0 saturated carbocycles. The SMILES string of the molecule is CN(Cc1ccc(OC(F)F)cc1)C(=O)CCCc1c[nH]c2ccccc12. The maximum atomic E-state index is 12.3. The quantitative estimate of drug-likeness (QED) is 0.620. The number of nitrogens with zero attached hydrogens (tertiary/aromatic N) is 1. The second-order valence-corrected chi connectivity index (χ2v) is 6.49. The van der Waals surface area contributed by atoms with Crippen molar-refractivity contribution in [3.05, 3.63) is 65.9 Å². The number of alkyl halides is 2. The van der Waals surface area contributed by atoms with Crippen LogP contribution in [-0.4, -0.2) is 29.5 Å². The first-order valence-corrected chi connectivity index (χ1v) is 8.85. The van der Waals surface area contributed by atoms with Crippen LogP contribution in [0.5, 0.6) is 5.75 Å². The second-order valence-electron chi connectivity index (χ2n) is 6.49. The first-order chi connectivity index (χ1) is 13.0. The van der Waals surface area contributed by atoms with Gasteiger partial charge in [0.25, 0.3) is 0 Å². The molecule has 0 fully saturated rings. The number of ether oxygens (including phenoxy) is 1. The number of aromatic amines is 1. The van der Waals surface area contributed by atoms with Gasteiger partial charge in [0.15, 0.2) is 0 Å². The monoisotopic (exact) mass is 372 g/mol. The third-order valence-corrected chi connectivity index (χ3v) is 4.51. The summed E-state index contributed by atoms with van der Waals surface area (Å²) in [5, 5.41) is 1.20. The molecule has 0 aliphatic heterocycles. The van der Waals surface area contributed by atoms with Gasteiger partial charge in [0.2, 0.25) is 5.91 Å². The minimum atomic E-state index is -2.84. The van der Waals surface area contributed by atoms with Gasteiger partial charge in [0.05, 0.1) is 0 Å². The summed E-state index contributed by atoms with van der Waals surface area (Å²) in [7, 11) is 1.75. The largest absolute Gasteiger partial charge is 0.435 e. The van der Waals surface area contributed by atoms with Crippen LogP contribution in [0.1, 0.15) is 24.0 Å². The molecule has 0 atom stereocenters. The Bertz CT molecular complexity index is 891. The molecule has 3 aromatic rings. The van der Waals surface area contributed by atoms with E-state index >= 15 is 0 Å². The lowest BCUT2D eigenvalue weighted by molar-refractivity contribution is -0.130. The molecule has 0 radical (unpaired) electrons. The van der Waals surface area contributed by atoms with Gasteiger partial charge >= 0.3 is 6.61 Å². The number of carbonyl (C=O) groups is 1. The molecule has 3 rings (SSSR count). The first kappa shape index (κ1) is 18.9. The number of benzene rings is 2. The highest BCUT2D eigenvalue weighted by molar-refractivity contribution is 5.83. The number of H-pyrrole nitrogens is 1. The number of carbonyl (C=O) groups excluding carboxylic acids is 1. The molecule has 1 N–H and O–H groups in total. The van der Waals surface area contributed by atoms with Gasteiger partial charge in [0, 0.05) is 37.1 Å². The molecule has 142 valence electrons. The summed E-state index contributed by atoms with van der Waals surface area (Å²) in [6.45, 7) is -2.40.